The highest BCUT2D eigenvalue weighted by Gasteiger charge is 2.24. The first-order chi connectivity index (χ1) is 14.8. The third-order valence-electron chi connectivity index (χ3n) is 5.72. The number of likely N-dealkylation sites (N-methyl/N-ethyl adjacent to an activating group) is 1. The molecule has 31 heavy (non-hydrogen) atoms. The number of nitro groups is 1. The quantitative estimate of drug-likeness (QED) is 0.560. The Kier molecular flexibility index (Phi) is 6.89. The van der Waals surface area contributed by atoms with Crippen molar-refractivity contribution in [3.63, 3.8) is 0 Å². The summed E-state index contributed by atoms with van der Waals surface area (Å²) in [6, 6.07) is 10.2. The number of aryl methyl sites for hydroxylation is 1. The first kappa shape index (κ1) is 22.3. The van der Waals surface area contributed by atoms with Gasteiger partial charge in [0.15, 0.2) is 0 Å². The molecular weight excluding hydrogens is 396 g/mol. The number of anilines is 2. The minimum atomic E-state index is -0.450. The lowest BCUT2D eigenvalue weighted by Gasteiger charge is -2.28. The Morgan fingerprint density at radius 2 is 1.84 bits per heavy atom. The molecule has 2 amide bonds. The molecule has 8 nitrogen and oxygen atoms in total. The van der Waals surface area contributed by atoms with Gasteiger partial charge in [0.05, 0.1) is 11.5 Å². The summed E-state index contributed by atoms with van der Waals surface area (Å²) >= 11 is 0. The monoisotopic (exact) mass is 424 g/mol. The van der Waals surface area contributed by atoms with E-state index in [1.165, 1.54) is 18.0 Å². The predicted octanol–water partition coefficient (Wildman–Crippen LogP) is 3.91. The topological polar surface area (TPSA) is 95.8 Å². The van der Waals surface area contributed by atoms with Gasteiger partial charge < -0.3 is 15.1 Å². The van der Waals surface area contributed by atoms with Crippen molar-refractivity contribution in [1.82, 2.24) is 4.90 Å². The number of carbonyl (C=O) groups excluding carboxylic acids is 2. The van der Waals surface area contributed by atoms with Gasteiger partial charge in [0.2, 0.25) is 5.91 Å². The summed E-state index contributed by atoms with van der Waals surface area (Å²) in [5, 5.41) is 14.5. The van der Waals surface area contributed by atoms with Gasteiger partial charge >= 0.3 is 0 Å². The van der Waals surface area contributed by atoms with Crippen LogP contribution in [-0.4, -0.2) is 48.3 Å². The second kappa shape index (κ2) is 9.59. The summed E-state index contributed by atoms with van der Waals surface area (Å²) in [5.74, 6) is -0.770. The maximum absolute atomic E-state index is 12.8. The summed E-state index contributed by atoms with van der Waals surface area (Å²) < 4.78 is 0. The molecule has 0 aliphatic carbocycles. The van der Waals surface area contributed by atoms with Crippen LogP contribution in [0, 0.1) is 24.0 Å². The predicted molar refractivity (Wildman–Crippen MR) is 121 cm³/mol. The lowest BCUT2D eigenvalue weighted by molar-refractivity contribution is -0.384. The van der Waals surface area contributed by atoms with Gasteiger partial charge in [-0.15, -0.1) is 0 Å². The smallest absolute Gasteiger partial charge is 0.293 e. The van der Waals surface area contributed by atoms with Crippen molar-refractivity contribution in [3.05, 3.63) is 63.2 Å². The van der Waals surface area contributed by atoms with Gasteiger partial charge in [-0.05, 0) is 62.4 Å². The molecule has 0 atom stereocenters. The molecule has 1 N–H and O–H groups in total. The molecule has 2 aromatic rings. The fourth-order valence-electron chi connectivity index (χ4n) is 3.79. The Morgan fingerprint density at radius 1 is 1.13 bits per heavy atom. The van der Waals surface area contributed by atoms with E-state index in [0.717, 1.165) is 43.5 Å². The summed E-state index contributed by atoms with van der Waals surface area (Å²) in [6.45, 7) is 5.26. The van der Waals surface area contributed by atoms with Gasteiger partial charge in [-0.3, -0.25) is 19.7 Å². The summed E-state index contributed by atoms with van der Waals surface area (Å²) in [7, 11) is 1.51. The third-order valence-corrected chi connectivity index (χ3v) is 5.72. The molecule has 0 radical (unpaired) electrons. The van der Waals surface area contributed by atoms with Gasteiger partial charge in [-0.2, -0.15) is 0 Å². The number of rotatable bonds is 6. The summed E-state index contributed by atoms with van der Waals surface area (Å²) in [4.78, 5) is 39.7. The molecule has 1 aliphatic heterocycles. The Bertz CT molecular complexity index is 999. The van der Waals surface area contributed by atoms with Crippen molar-refractivity contribution in [1.29, 1.82) is 0 Å². The van der Waals surface area contributed by atoms with Crippen LogP contribution < -0.4 is 10.2 Å². The van der Waals surface area contributed by atoms with Gasteiger partial charge in [-0.1, -0.05) is 12.1 Å². The molecule has 1 heterocycles. The number of nitro benzene ring substituents is 1. The zero-order valence-corrected chi connectivity index (χ0v) is 18.2. The van der Waals surface area contributed by atoms with Crippen LogP contribution in [0.25, 0.3) is 0 Å². The summed E-state index contributed by atoms with van der Waals surface area (Å²) in [5.41, 5.74) is 3.37. The van der Waals surface area contributed by atoms with E-state index in [1.807, 2.05) is 36.9 Å². The van der Waals surface area contributed by atoms with Crippen molar-refractivity contribution in [2.75, 3.05) is 36.9 Å². The number of piperidine rings is 1. The fourth-order valence-corrected chi connectivity index (χ4v) is 3.79. The van der Waals surface area contributed by atoms with Crippen LogP contribution in [0.2, 0.25) is 0 Å². The first-order valence-electron chi connectivity index (χ1n) is 10.4. The maximum Gasteiger partial charge on any atom is 0.293 e. The molecular formula is C23H28N4O4. The first-order valence-corrected chi connectivity index (χ1v) is 10.4. The number of nitrogens with one attached hydrogen (secondary N) is 1. The van der Waals surface area contributed by atoms with Crippen molar-refractivity contribution in [2.45, 2.75) is 33.1 Å². The molecule has 2 aromatic carbocycles. The van der Waals surface area contributed by atoms with E-state index in [1.54, 1.807) is 12.1 Å². The third kappa shape index (κ3) is 5.20. The molecule has 3 rings (SSSR count). The van der Waals surface area contributed by atoms with Crippen LogP contribution in [0.5, 0.6) is 0 Å². The Morgan fingerprint density at radius 3 is 2.52 bits per heavy atom. The molecule has 0 bridgehead atoms. The minimum absolute atomic E-state index is 0.0824. The molecule has 1 fully saturated rings. The van der Waals surface area contributed by atoms with E-state index in [4.69, 9.17) is 0 Å². The van der Waals surface area contributed by atoms with Gasteiger partial charge in [0.1, 0.15) is 5.69 Å². The molecule has 164 valence electrons. The second-order valence-corrected chi connectivity index (χ2v) is 7.97. The average molecular weight is 425 g/mol. The SMILES string of the molecule is Cc1cccc(NC(=O)CN(C)C(=O)c2ccc(N3CCCCC3)c([N+](=O)[O-])c2)c1C. The van der Waals surface area contributed by atoms with E-state index >= 15 is 0 Å². The Hall–Kier alpha value is -3.42. The van der Waals surface area contributed by atoms with Crippen molar-refractivity contribution < 1.29 is 14.5 Å². The van der Waals surface area contributed by atoms with Crippen LogP contribution in [0.15, 0.2) is 36.4 Å². The number of benzene rings is 2. The van der Waals surface area contributed by atoms with Crippen LogP contribution in [0.4, 0.5) is 17.1 Å². The second-order valence-electron chi connectivity index (χ2n) is 7.97. The van der Waals surface area contributed by atoms with E-state index in [9.17, 15) is 19.7 Å². The molecule has 1 saturated heterocycles. The maximum atomic E-state index is 12.8. The molecule has 0 saturated carbocycles. The minimum Gasteiger partial charge on any atom is -0.366 e. The number of carbonyl (C=O) groups is 2. The fraction of sp³-hybridized carbons (Fsp3) is 0.391. The zero-order valence-electron chi connectivity index (χ0n) is 18.2. The molecule has 0 aromatic heterocycles. The summed E-state index contributed by atoms with van der Waals surface area (Å²) in [6.07, 6.45) is 3.11. The molecule has 8 heteroatoms. The number of amides is 2. The van der Waals surface area contributed by atoms with Crippen molar-refractivity contribution in [3.8, 4) is 0 Å². The highest BCUT2D eigenvalue weighted by Crippen LogP contribution is 2.31. The molecule has 0 unspecified atom stereocenters. The normalized spacial score (nSPS) is 13.6. The van der Waals surface area contributed by atoms with Crippen molar-refractivity contribution in [2.24, 2.45) is 0 Å². The van der Waals surface area contributed by atoms with Crippen LogP contribution in [0.1, 0.15) is 40.7 Å². The van der Waals surface area contributed by atoms with Gasteiger partial charge in [0.25, 0.3) is 11.6 Å². The average Bonchev–Trinajstić information content (AvgIpc) is 2.76. The van der Waals surface area contributed by atoms with Gasteiger partial charge in [0, 0.05) is 37.5 Å². The van der Waals surface area contributed by atoms with Crippen LogP contribution in [-0.2, 0) is 4.79 Å². The lowest BCUT2D eigenvalue weighted by atomic mass is 10.1. The number of hydrogen-bond donors (Lipinski definition) is 1. The van der Waals surface area contributed by atoms with E-state index in [-0.39, 0.29) is 23.7 Å². The zero-order chi connectivity index (χ0) is 22.5. The largest absolute Gasteiger partial charge is 0.366 e. The Balaban J connectivity index is 1.72. The molecule has 1 aliphatic rings. The highest BCUT2D eigenvalue weighted by atomic mass is 16.6. The van der Waals surface area contributed by atoms with E-state index in [2.05, 4.69) is 5.32 Å². The van der Waals surface area contributed by atoms with Crippen LogP contribution in [0.3, 0.4) is 0 Å². The lowest BCUT2D eigenvalue weighted by Crippen LogP contribution is -2.35. The van der Waals surface area contributed by atoms with Gasteiger partial charge in [-0.25, -0.2) is 0 Å². The molecule has 0 spiro atoms. The number of hydrogen-bond acceptors (Lipinski definition) is 5. The van der Waals surface area contributed by atoms with E-state index < -0.39 is 10.8 Å². The highest BCUT2D eigenvalue weighted by molar-refractivity contribution is 6.00. The van der Waals surface area contributed by atoms with Crippen molar-refractivity contribution >= 4 is 28.9 Å². The van der Waals surface area contributed by atoms with Crippen LogP contribution >= 0.6 is 0 Å². The number of nitrogens with zero attached hydrogens (tertiary/aromatic N) is 3. The Labute approximate surface area is 182 Å². The standard InChI is InChI=1S/C23H28N4O4/c1-16-8-7-9-19(17(16)2)24-22(28)15-25(3)23(29)18-10-11-20(21(14-18)27(30)31)26-12-5-4-6-13-26/h7-11,14H,4-6,12-13,15H2,1-3H3,(H,24,28). The van der Waals surface area contributed by atoms with E-state index in [0.29, 0.717) is 11.4 Å².